The molecule has 1 N–H and O–H groups in total. The Morgan fingerprint density at radius 1 is 1.16 bits per heavy atom. The zero-order valence-corrected chi connectivity index (χ0v) is 12.0. The van der Waals surface area contributed by atoms with Crippen molar-refractivity contribution < 1.29 is 4.79 Å². The first kappa shape index (κ1) is 12.7. The quantitative estimate of drug-likeness (QED) is 0.865. The summed E-state index contributed by atoms with van der Waals surface area (Å²) in [4.78, 5) is 12.8. The van der Waals surface area contributed by atoms with Crippen LogP contribution in [0.4, 0.5) is 5.69 Å². The molecule has 1 aromatic heterocycles. The number of hydrogen-bond donors (Lipinski definition) is 1. The molecule has 0 unspecified atom stereocenters. The van der Waals surface area contributed by atoms with Gasteiger partial charge in [0.05, 0.1) is 9.21 Å². The minimum atomic E-state index is -0.0733. The van der Waals surface area contributed by atoms with Crippen molar-refractivity contribution in [3.8, 4) is 0 Å². The zero-order chi connectivity index (χ0) is 13.2. The second-order valence-electron chi connectivity index (χ2n) is 4.71. The molecule has 0 bridgehead atoms. The topological polar surface area (TPSA) is 29.1 Å². The van der Waals surface area contributed by atoms with Crippen molar-refractivity contribution in [1.82, 2.24) is 0 Å². The molecule has 1 aliphatic rings. The molecule has 0 saturated heterocycles. The second kappa shape index (κ2) is 5.35. The Hall–Kier alpha value is -1.32. The minimum Gasteiger partial charge on any atom is -0.321 e. The lowest BCUT2D eigenvalue weighted by Crippen LogP contribution is -2.14. The van der Waals surface area contributed by atoms with Crippen molar-refractivity contribution in [2.75, 3.05) is 5.32 Å². The molecule has 3 rings (SSSR count). The summed E-state index contributed by atoms with van der Waals surface area (Å²) in [6.07, 6.45) is 4.61. The highest BCUT2D eigenvalue weighted by Gasteiger charge is 2.15. The van der Waals surface area contributed by atoms with E-state index in [0.717, 1.165) is 18.5 Å². The van der Waals surface area contributed by atoms with E-state index in [0.29, 0.717) is 9.21 Å². The van der Waals surface area contributed by atoms with Crippen molar-refractivity contribution in [3.63, 3.8) is 0 Å². The van der Waals surface area contributed by atoms with Crippen LogP contribution in [0, 0.1) is 0 Å². The maximum atomic E-state index is 12.2. The Balaban J connectivity index is 1.85. The van der Waals surface area contributed by atoms with Gasteiger partial charge in [0.25, 0.3) is 5.91 Å². The van der Waals surface area contributed by atoms with E-state index in [4.69, 9.17) is 11.6 Å². The van der Waals surface area contributed by atoms with Gasteiger partial charge >= 0.3 is 0 Å². The molecule has 4 heteroatoms. The number of fused-ring (bicyclic) bond motifs is 1. The van der Waals surface area contributed by atoms with Gasteiger partial charge in [-0.05, 0) is 55.0 Å². The molecule has 1 heterocycles. The van der Waals surface area contributed by atoms with Gasteiger partial charge in [-0.1, -0.05) is 23.7 Å². The highest BCUT2D eigenvalue weighted by atomic mass is 35.5. The molecule has 19 heavy (non-hydrogen) atoms. The Labute approximate surface area is 121 Å². The fraction of sp³-hybridized carbons (Fsp3) is 0.267. The van der Waals surface area contributed by atoms with Crippen LogP contribution in [0.2, 0.25) is 4.34 Å². The van der Waals surface area contributed by atoms with Crippen LogP contribution >= 0.6 is 22.9 Å². The highest BCUT2D eigenvalue weighted by Crippen LogP contribution is 2.29. The van der Waals surface area contributed by atoms with Crippen molar-refractivity contribution in [2.45, 2.75) is 25.7 Å². The van der Waals surface area contributed by atoms with Gasteiger partial charge in [0, 0.05) is 5.69 Å². The lowest BCUT2D eigenvalue weighted by molar-refractivity contribution is 0.103. The monoisotopic (exact) mass is 291 g/mol. The molecule has 0 radical (unpaired) electrons. The number of amides is 1. The lowest BCUT2D eigenvalue weighted by atomic mass is 9.90. The van der Waals surface area contributed by atoms with Gasteiger partial charge in [-0.3, -0.25) is 4.79 Å². The van der Waals surface area contributed by atoms with Crippen molar-refractivity contribution in [1.29, 1.82) is 0 Å². The van der Waals surface area contributed by atoms with Gasteiger partial charge in [-0.2, -0.15) is 0 Å². The molecule has 0 fully saturated rings. The van der Waals surface area contributed by atoms with Crippen LogP contribution < -0.4 is 5.32 Å². The fourth-order valence-corrected chi connectivity index (χ4v) is 3.46. The second-order valence-corrected chi connectivity index (χ2v) is 6.42. The summed E-state index contributed by atoms with van der Waals surface area (Å²) in [5, 5.41) is 3.01. The van der Waals surface area contributed by atoms with E-state index in [9.17, 15) is 4.79 Å². The van der Waals surface area contributed by atoms with E-state index >= 15 is 0 Å². The number of rotatable bonds is 2. The summed E-state index contributed by atoms with van der Waals surface area (Å²) in [5.74, 6) is -0.0733. The van der Waals surface area contributed by atoms with E-state index in [2.05, 4.69) is 11.4 Å². The van der Waals surface area contributed by atoms with Gasteiger partial charge in [-0.15, -0.1) is 11.3 Å². The summed E-state index contributed by atoms with van der Waals surface area (Å²) in [6, 6.07) is 9.67. The lowest BCUT2D eigenvalue weighted by Gasteiger charge is -2.19. The highest BCUT2D eigenvalue weighted by molar-refractivity contribution is 7.18. The fourth-order valence-electron chi connectivity index (χ4n) is 2.52. The van der Waals surface area contributed by atoms with Crippen LogP contribution in [0.1, 0.15) is 33.6 Å². The van der Waals surface area contributed by atoms with E-state index in [-0.39, 0.29) is 5.91 Å². The third kappa shape index (κ3) is 2.67. The number of thiophene rings is 1. The van der Waals surface area contributed by atoms with Gasteiger partial charge in [0.15, 0.2) is 0 Å². The number of hydrogen-bond acceptors (Lipinski definition) is 2. The normalized spacial score (nSPS) is 13.9. The van der Waals surface area contributed by atoms with Crippen LogP contribution in [-0.4, -0.2) is 5.91 Å². The predicted molar refractivity (Wildman–Crippen MR) is 80.4 cm³/mol. The summed E-state index contributed by atoms with van der Waals surface area (Å²) in [6.45, 7) is 0. The molecule has 0 saturated carbocycles. The Kier molecular flexibility index (Phi) is 3.58. The molecule has 1 aromatic carbocycles. The number of benzene rings is 1. The number of nitrogens with one attached hydrogen (secondary N) is 1. The summed E-state index contributed by atoms with van der Waals surface area (Å²) >= 11 is 7.17. The number of aryl methyl sites for hydroxylation is 1. The van der Waals surface area contributed by atoms with Gasteiger partial charge in [0.1, 0.15) is 0 Å². The average molecular weight is 292 g/mol. The van der Waals surface area contributed by atoms with E-state index in [1.165, 1.54) is 35.3 Å². The third-order valence-corrected chi connectivity index (χ3v) is 4.67. The number of halogens is 1. The first-order chi connectivity index (χ1) is 9.24. The van der Waals surface area contributed by atoms with Crippen LogP contribution in [-0.2, 0) is 12.8 Å². The van der Waals surface area contributed by atoms with E-state index in [1.54, 1.807) is 12.1 Å². The predicted octanol–water partition coefficient (Wildman–Crippen LogP) is 4.53. The maximum absolute atomic E-state index is 12.2. The summed E-state index contributed by atoms with van der Waals surface area (Å²) in [7, 11) is 0. The molecule has 98 valence electrons. The van der Waals surface area contributed by atoms with Crippen molar-refractivity contribution in [2.24, 2.45) is 0 Å². The van der Waals surface area contributed by atoms with Crippen LogP contribution in [0.5, 0.6) is 0 Å². The molecule has 2 aromatic rings. The largest absolute Gasteiger partial charge is 0.321 e. The summed E-state index contributed by atoms with van der Waals surface area (Å²) < 4.78 is 0.639. The SMILES string of the molecule is O=C(Nc1cccc2c1CCCC2)c1ccc(Cl)s1. The Bertz CT molecular complexity index is 620. The van der Waals surface area contributed by atoms with Crippen LogP contribution in [0.25, 0.3) is 0 Å². The minimum absolute atomic E-state index is 0.0733. The molecule has 0 spiro atoms. The number of carbonyl (C=O) groups is 1. The van der Waals surface area contributed by atoms with E-state index in [1.807, 2.05) is 12.1 Å². The third-order valence-electron chi connectivity index (χ3n) is 3.44. The van der Waals surface area contributed by atoms with Crippen LogP contribution in [0.15, 0.2) is 30.3 Å². The van der Waals surface area contributed by atoms with Gasteiger partial charge < -0.3 is 5.32 Å². The Morgan fingerprint density at radius 2 is 2.00 bits per heavy atom. The van der Waals surface area contributed by atoms with Crippen molar-refractivity contribution in [3.05, 3.63) is 50.7 Å². The summed E-state index contributed by atoms with van der Waals surface area (Å²) in [5.41, 5.74) is 3.62. The first-order valence-corrected chi connectivity index (χ1v) is 7.61. The first-order valence-electron chi connectivity index (χ1n) is 6.41. The number of carbonyl (C=O) groups excluding carboxylic acids is 1. The van der Waals surface area contributed by atoms with Gasteiger partial charge in [-0.25, -0.2) is 0 Å². The number of anilines is 1. The maximum Gasteiger partial charge on any atom is 0.265 e. The molecule has 2 nitrogen and oxygen atoms in total. The van der Waals surface area contributed by atoms with Gasteiger partial charge in [0.2, 0.25) is 0 Å². The molecule has 1 aliphatic carbocycles. The van der Waals surface area contributed by atoms with Crippen molar-refractivity contribution >= 4 is 34.5 Å². The van der Waals surface area contributed by atoms with Crippen LogP contribution in [0.3, 0.4) is 0 Å². The molecular formula is C15H14ClNOS. The zero-order valence-electron chi connectivity index (χ0n) is 10.4. The van der Waals surface area contributed by atoms with E-state index < -0.39 is 0 Å². The molecular weight excluding hydrogens is 278 g/mol. The standard InChI is InChI=1S/C15H14ClNOS/c16-14-9-8-13(19-14)15(18)17-12-7-3-5-10-4-1-2-6-11(10)12/h3,5,7-9H,1-2,4,6H2,(H,17,18). The molecule has 0 aliphatic heterocycles. The average Bonchev–Trinajstić information content (AvgIpc) is 2.86. The smallest absolute Gasteiger partial charge is 0.265 e. The Morgan fingerprint density at radius 3 is 2.79 bits per heavy atom. The molecule has 0 atom stereocenters. The molecule has 1 amide bonds.